The van der Waals surface area contributed by atoms with Gasteiger partial charge in [-0.3, -0.25) is 14.4 Å². The van der Waals surface area contributed by atoms with E-state index in [1.54, 1.807) is 0 Å². The average molecular weight is 423 g/mol. The number of halogens is 3. The van der Waals surface area contributed by atoms with Gasteiger partial charge in [0.15, 0.2) is 30.5 Å². The summed E-state index contributed by atoms with van der Waals surface area (Å²) in [5.74, 6) is -6.14. The van der Waals surface area contributed by atoms with E-state index < -0.39 is 35.0 Å². The molecule has 3 amide bonds. The second-order valence-electron chi connectivity index (χ2n) is 6.61. The van der Waals surface area contributed by atoms with Crippen molar-refractivity contribution < 1.29 is 32.5 Å². The number of hydrogen-bond donors (Lipinski definition) is 4. The van der Waals surface area contributed by atoms with Crippen LogP contribution >= 0.6 is 0 Å². The summed E-state index contributed by atoms with van der Waals surface area (Å²) in [6.45, 7) is 2.11. The Morgan fingerprint density at radius 1 is 0.900 bits per heavy atom. The van der Waals surface area contributed by atoms with Crippen molar-refractivity contribution in [1.82, 2.24) is 0 Å². The van der Waals surface area contributed by atoms with Gasteiger partial charge in [0.25, 0.3) is 11.8 Å². The number of benzene rings is 2. The molecule has 5 N–H and O–H groups in total. The molecule has 0 fully saturated rings. The molecule has 1 atom stereocenters. The molecule has 2 aromatic rings. The molecule has 0 radical (unpaired) electrons. The summed E-state index contributed by atoms with van der Waals surface area (Å²) in [5.41, 5.74) is 5.43. The molecule has 10 heteroatoms. The maximum Gasteiger partial charge on any atom is 0.279 e. The van der Waals surface area contributed by atoms with E-state index in [4.69, 9.17) is 5.73 Å². The molecule has 30 heavy (non-hydrogen) atoms. The van der Waals surface area contributed by atoms with Crippen LogP contribution in [-0.2, 0) is 9.59 Å². The highest BCUT2D eigenvalue weighted by atomic mass is 19.2. The molecule has 0 aliphatic carbocycles. The molecular formula is C20H22F3N4O3+. The molecule has 7 nitrogen and oxygen atoms in total. The molecule has 0 heterocycles. The van der Waals surface area contributed by atoms with Crippen LogP contribution in [0.15, 0.2) is 36.4 Å². The Bertz CT molecular complexity index is 936. The second kappa shape index (κ2) is 10.4. The first kappa shape index (κ1) is 22.9. The average Bonchev–Trinajstić information content (AvgIpc) is 2.69. The van der Waals surface area contributed by atoms with Crippen LogP contribution in [0.4, 0.5) is 24.5 Å². The fourth-order valence-corrected chi connectivity index (χ4v) is 2.79. The van der Waals surface area contributed by atoms with E-state index >= 15 is 0 Å². The van der Waals surface area contributed by atoms with Crippen LogP contribution in [-0.4, -0.2) is 37.4 Å². The number of carbonyl (C=O) groups is 3. The highest BCUT2D eigenvalue weighted by Crippen LogP contribution is 2.19. The van der Waals surface area contributed by atoms with Gasteiger partial charge in [-0.05, 0) is 42.8 Å². The monoisotopic (exact) mass is 423 g/mol. The number of quaternary nitrogens is 1. The lowest BCUT2D eigenvalue weighted by molar-refractivity contribution is -0.883. The van der Waals surface area contributed by atoms with Crippen LogP contribution in [0.1, 0.15) is 23.7 Å². The third-order valence-electron chi connectivity index (χ3n) is 4.19. The fraction of sp³-hybridized carbons (Fsp3) is 0.250. The van der Waals surface area contributed by atoms with E-state index in [1.165, 1.54) is 24.3 Å². The smallest absolute Gasteiger partial charge is 0.279 e. The number of amides is 3. The molecule has 1 unspecified atom stereocenters. The Hall–Kier alpha value is -3.40. The van der Waals surface area contributed by atoms with Gasteiger partial charge in [-0.15, -0.1) is 0 Å². The minimum Gasteiger partial charge on any atom is -0.366 e. The highest BCUT2D eigenvalue weighted by Gasteiger charge is 2.20. The fourth-order valence-electron chi connectivity index (χ4n) is 2.79. The zero-order valence-corrected chi connectivity index (χ0v) is 16.2. The number of primary amides is 1. The quantitative estimate of drug-likeness (QED) is 0.454. The standard InChI is InChI=1S/C20H21F3N4O3/c1-2-9-27(10-16(28)25-13-5-3-12(4-6-13)20(24)30)11-17(29)26-15-8-7-14(21)18(22)19(15)23/h3-8H,2,9-11H2,1H3,(H2,24,30)(H,25,28)(H,26,29)/p+1. The van der Waals surface area contributed by atoms with Crippen molar-refractivity contribution in [1.29, 1.82) is 0 Å². The lowest BCUT2D eigenvalue weighted by Gasteiger charge is -2.18. The molecule has 160 valence electrons. The van der Waals surface area contributed by atoms with Crippen LogP contribution in [0, 0.1) is 17.5 Å². The summed E-state index contributed by atoms with van der Waals surface area (Å²) >= 11 is 0. The summed E-state index contributed by atoms with van der Waals surface area (Å²) in [7, 11) is 0. The molecule has 0 aliphatic heterocycles. The molecule has 0 saturated heterocycles. The maximum atomic E-state index is 13.7. The van der Waals surface area contributed by atoms with Gasteiger partial charge in [0.1, 0.15) is 0 Å². The number of carbonyl (C=O) groups excluding carboxylic acids is 3. The lowest BCUT2D eigenvalue weighted by atomic mass is 10.2. The highest BCUT2D eigenvalue weighted by molar-refractivity contribution is 5.95. The Labute approximate surface area is 171 Å². The maximum absolute atomic E-state index is 13.7. The van der Waals surface area contributed by atoms with Crippen LogP contribution in [0.2, 0.25) is 0 Å². The van der Waals surface area contributed by atoms with Crippen molar-refractivity contribution in [3.05, 3.63) is 59.4 Å². The summed E-state index contributed by atoms with van der Waals surface area (Å²) in [4.78, 5) is 36.1. The normalized spacial score (nSPS) is 11.6. The van der Waals surface area contributed by atoms with Crippen LogP contribution in [0.25, 0.3) is 0 Å². The molecular weight excluding hydrogens is 401 g/mol. The van der Waals surface area contributed by atoms with E-state index in [1.807, 2.05) is 6.92 Å². The molecule has 0 bridgehead atoms. The van der Waals surface area contributed by atoms with Gasteiger partial charge in [0.2, 0.25) is 5.91 Å². The SMILES string of the molecule is CCC[NH+](CC(=O)Nc1ccc(C(N)=O)cc1)CC(=O)Nc1ccc(F)c(F)c1F. The van der Waals surface area contributed by atoms with Crippen molar-refractivity contribution in [3.63, 3.8) is 0 Å². The second-order valence-corrected chi connectivity index (χ2v) is 6.61. The van der Waals surface area contributed by atoms with E-state index in [-0.39, 0.29) is 19.0 Å². The molecule has 0 aromatic heterocycles. The van der Waals surface area contributed by atoms with Crippen molar-refractivity contribution in [2.24, 2.45) is 5.73 Å². The predicted molar refractivity (Wildman–Crippen MR) is 104 cm³/mol. The van der Waals surface area contributed by atoms with Gasteiger partial charge in [-0.25, -0.2) is 13.2 Å². The van der Waals surface area contributed by atoms with Gasteiger partial charge < -0.3 is 21.3 Å². The van der Waals surface area contributed by atoms with Gasteiger partial charge in [-0.2, -0.15) is 0 Å². The van der Waals surface area contributed by atoms with E-state index in [9.17, 15) is 27.6 Å². The molecule has 0 spiro atoms. The van der Waals surface area contributed by atoms with Crippen molar-refractivity contribution in [3.8, 4) is 0 Å². The van der Waals surface area contributed by atoms with Crippen LogP contribution in [0.5, 0.6) is 0 Å². The Morgan fingerprint density at radius 3 is 2.07 bits per heavy atom. The van der Waals surface area contributed by atoms with Crippen molar-refractivity contribution >= 4 is 29.1 Å². The number of nitrogens with two attached hydrogens (primary N) is 1. The minimum atomic E-state index is -1.67. The van der Waals surface area contributed by atoms with Crippen LogP contribution in [0.3, 0.4) is 0 Å². The number of anilines is 2. The molecule has 2 rings (SSSR count). The van der Waals surface area contributed by atoms with Gasteiger partial charge in [0, 0.05) is 11.3 Å². The molecule has 2 aromatic carbocycles. The Balaban J connectivity index is 1.96. The summed E-state index contributed by atoms with van der Waals surface area (Å²) in [5, 5.41) is 4.84. The third-order valence-corrected chi connectivity index (χ3v) is 4.19. The van der Waals surface area contributed by atoms with Gasteiger partial charge in [-0.1, -0.05) is 6.92 Å². The van der Waals surface area contributed by atoms with Crippen molar-refractivity contribution in [2.45, 2.75) is 13.3 Å². The lowest BCUT2D eigenvalue weighted by Crippen LogP contribution is -3.14. The number of nitrogens with one attached hydrogen (secondary N) is 3. The summed E-state index contributed by atoms with van der Waals surface area (Å²) < 4.78 is 40.0. The summed E-state index contributed by atoms with van der Waals surface area (Å²) in [6.07, 6.45) is 0.669. The first-order chi connectivity index (χ1) is 14.2. The number of hydrogen-bond acceptors (Lipinski definition) is 3. The largest absolute Gasteiger partial charge is 0.366 e. The van der Waals surface area contributed by atoms with E-state index in [2.05, 4.69) is 10.6 Å². The van der Waals surface area contributed by atoms with Crippen LogP contribution < -0.4 is 21.3 Å². The van der Waals surface area contributed by atoms with Crippen molar-refractivity contribution in [2.75, 3.05) is 30.3 Å². The number of rotatable bonds is 9. The van der Waals surface area contributed by atoms with E-state index in [0.717, 1.165) is 6.07 Å². The zero-order valence-electron chi connectivity index (χ0n) is 16.2. The Morgan fingerprint density at radius 2 is 1.50 bits per heavy atom. The Kier molecular flexibility index (Phi) is 7.93. The molecule has 0 aliphatic rings. The predicted octanol–water partition coefficient (Wildman–Crippen LogP) is 1.07. The zero-order chi connectivity index (χ0) is 22.3. The first-order valence-electron chi connectivity index (χ1n) is 9.17. The van der Waals surface area contributed by atoms with Gasteiger partial charge >= 0.3 is 0 Å². The topological polar surface area (TPSA) is 106 Å². The molecule has 0 saturated carbocycles. The summed E-state index contributed by atoms with van der Waals surface area (Å²) in [6, 6.07) is 7.62. The van der Waals surface area contributed by atoms with E-state index in [0.29, 0.717) is 35.2 Å². The minimum absolute atomic E-state index is 0.0565. The van der Waals surface area contributed by atoms with Gasteiger partial charge in [0.05, 0.1) is 12.2 Å². The first-order valence-corrected chi connectivity index (χ1v) is 9.17. The third kappa shape index (κ3) is 6.31.